The van der Waals surface area contributed by atoms with Crippen LogP contribution in [0.15, 0.2) is 18.2 Å². The van der Waals surface area contributed by atoms with Gasteiger partial charge in [0.25, 0.3) is 0 Å². The maximum absolute atomic E-state index is 13.3. The van der Waals surface area contributed by atoms with E-state index < -0.39 is 23.7 Å². The van der Waals surface area contributed by atoms with Crippen molar-refractivity contribution < 1.29 is 23.9 Å². The second-order valence-corrected chi connectivity index (χ2v) is 3.60. The molecule has 0 radical (unpaired) electrons. The second-order valence-electron chi connectivity index (χ2n) is 3.60. The lowest BCUT2D eigenvalue weighted by Crippen LogP contribution is -2.32. The predicted molar refractivity (Wildman–Crippen MR) is 64.2 cm³/mol. The van der Waals surface area contributed by atoms with Crippen LogP contribution in [0.5, 0.6) is 0 Å². The van der Waals surface area contributed by atoms with Crippen LogP contribution in [-0.2, 0) is 4.79 Å². The number of carboxylic acid groups (broad SMARTS) is 1. The highest BCUT2D eigenvalue weighted by molar-refractivity contribution is 5.93. The van der Waals surface area contributed by atoms with Gasteiger partial charge < -0.3 is 21.5 Å². The van der Waals surface area contributed by atoms with Gasteiger partial charge in [-0.25, -0.2) is 14.0 Å². The Balaban J connectivity index is 2.65. The van der Waals surface area contributed by atoms with E-state index in [-0.39, 0.29) is 24.2 Å². The number of rotatable bonds is 5. The summed E-state index contributed by atoms with van der Waals surface area (Å²) in [6.07, 6.45) is -0.0505. The lowest BCUT2D eigenvalue weighted by Gasteiger charge is -2.08. The molecule has 7 nitrogen and oxygen atoms in total. The van der Waals surface area contributed by atoms with Crippen LogP contribution >= 0.6 is 0 Å². The fourth-order valence-corrected chi connectivity index (χ4v) is 1.22. The minimum absolute atomic E-state index is 0.00140. The first-order valence-corrected chi connectivity index (χ1v) is 5.26. The van der Waals surface area contributed by atoms with Gasteiger partial charge >= 0.3 is 12.0 Å². The number of hydrogen-bond donors (Lipinski definition) is 4. The van der Waals surface area contributed by atoms with E-state index in [1.807, 2.05) is 0 Å². The van der Waals surface area contributed by atoms with Crippen molar-refractivity contribution in [3.05, 3.63) is 29.6 Å². The third kappa shape index (κ3) is 4.62. The fraction of sp³-hybridized carbons (Fsp3) is 0.182. The number of carbonyl (C=O) groups is 3. The number of primary amides is 1. The molecule has 0 aromatic heterocycles. The number of hydrogen-bond acceptors (Lipinski definition) is 3. The molecule has 0 heterocycles. The van der Waals surface area contributed by atoms with Gasteiger partial charge in [0.1, 0.15) is 5.82 Å². The SMILES string of the molecule is NC(=O)CCNC(=O)Nc1cc(C(=O)O)ccc1F. The van der Waals surface area contributed by atoms with Crippen LogP contribution in [0.1, 0.15) is 16.8 Å². The van der Waals surface area contributed by atoms with Gasteiger partial charge in [0, 0.05) is 13.0 Å². The molecule has 3 amide bonds. The Kier molecular flexibility index (Phi) is 4.81. The smallest absolute Gasteiger partial charge is 0.335 e. The molecule has 0 bridgehead atoms. The Labute approximate surface area is 107 Å². The zero-order chi connectivity index (χ0) is 14.4. The number of carboxylic acids is 1. The van der Waals surface area contributed by atoms with Crippen LogP contribution in [0.3, 0.4) is 0 Å². The van der Waals surface area contributed by atoms with Crippen LogP contribution < -0.4 is 16.4 Å². The molecule has 0 fully saturated rings. The highest BCUT2D eigenvalue weighted by Crippen LogP contribution is 2.16. The summed E-state index contributed by atoms with van der Waals surface area (Å²) >= 11 is 0. The molecule has 0 atom stereocenters. The van der Waals surface area contributed by atoms with Gasteiger partial charge in [-0.1, -0.05) is 0 Å². The van der Waals surface area contributed by atoms with Gasteiger partial charge in [-0.2, -0.15) is 0 Å². The van der Waals surface area contributed by atoms with Crippen molar-refractivity contribution in [2.45, 2.75) is 6.42 Å². The molecule has 0 aliphatic heterocycles. The normalized spacial score (nSPS) is 9.74. The predicted octanol–water partition coefficient (Wildman–Crippen LogP) is 0.521. The highest BCUT2D eigenvalue weighted by Gasteiger charge is 2.10. The van der Waals surface area contributed by atoms with E-state index in [0.717, 1.165) is 18.2 Å². The molecule has 0 unspecified atom stereocenters. The monoisotopic (exact) mass is 269 g/mol. The average Bonchev–Trinajstić information content (AvgIpc) is 2.31. The third-order valence-corrected chi connectivity index (χ3v) is 2.12. The number of aromatic carboxylic acids is 1. The Morgan fingerprint density at radius 3 is 2.58 bits per heavy atom. The van der Waals surface area contributed by atoms with Gasteiger partial charge in [0.05, 0.1) is 11.3 Å². The summed E-state index contributed by atoms with van der Waals surface area (Å²) < 4.78 is 13.3. The maximum atomic E-state index is 13.3. The van der Waals surface area contributed by atoms with Crippen molar-refractivity contribution in [1.82, 2.24) is 5.32 Å². The van der Waals surface area contributed by atoms with Crippen LogP contribution in [-0.4, -0.2) is 29.6 Å². The first-order chi connectivity index (χ1) is 8.90. The van der Waals surface area contributed by atoms with Crippen molar-refractivity contribution in [2.75, 3.05) is 11.9 Å². The zero-order valence-corrected chi connectivity index (χ0v) is 9.77. The van der Waals surface area contributed by atoms with Crippen LogP contribution in [0.2, 0.25) is 0 Å². The lowest BCUT2D eigenvalue weighted by atomic mass is 10.2. The largest absolute Gasteiger partial charge is 0.478 e. The Hall–Kier alpha value is -2.64. The molecule has 0 saturated carbocycles. The fourth-order valence-electron chi connectivity index (χ4n) is 1.22. The van der Waals surface area contributed by atoms with Gasteiger partial charge in [-0.05, 0) is 18.2 Å². The Bertz CT molecular complexity index is 519. The Morgan fingerprint density at radius 2 is 2.00 bits per heavy atom. The molecule has 1 aromatic rings. The van der Waals surface area contributed by atoms with Gasteiger partial charge in [0.15, 0.2) is 0 Å². The summed E-state index contributed by atoms with van der Waals surface area (Å²) in [7, 11) is 0. The quantitative estimate of drug-likeness (QED) is 0.622. The molecule has 5 N–H and O–H groups in total. The summed E-state index contributed by atoms with van der Waals surface area (Å²) in [5.74, 6) is -2.59. The number of benzene rings is 1. The topological polar surface area (TPSA) is 122 Å². The zero-order valence-electron chi connectivity index (χ0n) is 9.77. The third-order valence-electron chi connectivity index (χ3n) is 2.12. The summed E-state index contributed by atoms with van der Waals surface area (Å²) in [4.78, 5) is 32.5. The Morgan fingerprint density at radius 1 is 1.32 bits per heavy atom. The van der Waals surface area contributed by atoms with Crippen molar-refractivity contribution in [1.29, 1.82) is 0 Å². The second kappa shape index (κ2) is 6.34. The van der Waals surface area contributed by atoms with E-state index in [1.165, 1.54) is 0 Å². The number of anilines is 1. The van der Waals surface area contributed by atoms with Crippen LogP contribution in [0.4, 0.5) is 14.9 Å². The van der Waals surface area contributed by atoms with Crippen LogP contribution in [0, 0.1) is 5.82 Å². The summed E-state index contributed by atoms with van der Waals surface area (Å²) in [5.41, 5.74) is 4.45. The van der Waals surface area contributed by atoms with E-state index in [2.05, 4.69) is 10.6 Å². The van der Waals surface area contributed by atoms with E-state index in [9.17, 15) is 18.8 Å². The molecular formula is C11H12FN3O4. The van der Waals surface area contributed by atoms with Gasteiger partial charge in [-0.15, -0.1) is 0 Å². The maximum Gasteiger partial charge on any atom is 0.335 e. The van der Waals surface area contributed by atoms with Gasteiger partial charge in [0.2, 0.25) is 5.91 Å². The molecule has 1 rings (SSSR count). The van der Waals surface area contributed by atoms with E-state index >= 15 is 0 Å². The number of halogens is 1. The molecular weight excluding hydrogens is 257 g/mol. The van der Waals surface area contributed by atoms with Crippen LogP contribution in [0.25, 0.3) is 0 Å². The summed E-state index contributed by atoms with van der Waals surface area (Å²) in [5, 5.41) is 13.1. The van der Waals surface area contributed by atoms with E-state index in [0.29, 0.717) is 0 Å². The molecule has 0 aliphatic rings. The summed E-state index contributed by atoms with van der Waals surface area (Å²) in [6.45, 7) is 0.00140. The standard InChI is InChI=1S/C11H12FN3O4/c12-7-2-1-6(10(17)18)5-8(7)15-11(19)14-4-3-9(13)16/h1-2,5H,3-4H2,(H2,13,16)(H,17,18)(H2,14,15,19). The highest BCUT2D eigenvalue weighted by atomic mass is 19.1. The number of nitrogens with one attached hydrogen (secondary N) is 2. The first kappa shape index (κ1) is 14.4. The van der Waals surface area contributed by atoms with Crippen molar-refractivity contribution in [3.63, 3.8) is 0 Å². The molecule has 1 aromatic carbocycles. The van der Waals surface area contributed by atoms with Crippen molar-refractivity contribution >= 4 is 23.6 Å². The van der Waals surface area contributed by atoms with Crippen molar-refractivity contribution in [3.8, 4) is 0 Å². The lowest BCUT2D eigenvalue weighted by molar-refractivity contribution is -0.117. The number of amides is 3. The molecule has 8 heteroatoms. The molecule has 0 saturated heterocycles. The molecule has 102 valence electrons. The first-order valence-electron chi connectivity index (χ1n) is 5.26. The number of carbonyl (C=O) groups excluding carboxylic acids is 2. The summed E-state index contributed by atoms with van der Waals surface area (Å²) in [6, 6.07) is 2.24. The average molecular weight is 269 g/mol. The molecule has 0 spiro atoms. The van der Waals surface area contributed by atoms with E-state index in [1.54, 1.807) is 0 Å². The number of nitrogens with two attached hydrogens (primary N) is 1. The molecule has 19 heavy (non-hydrogen) atoms. The van der Waals surface area contributed by atoms with E-state index in [4.69, 9.17) is 10.8 Å². The van der Waals surface area contributed by atoms with Gasteiger partial charge in [-0.3, -0.25) is 4.79 Å². The molecule has 0 aliphatic carbocycles. The minimum atomic E-state index is -1.24. The minimum Gasteiger partial charge on any atom is -0.478 e. The number of urea groups is 1. The van der Waals surface area contributed by atoms with Crippen molar-refractivity contribution in [2.24, 2.45) is 5.73 Å².